The van der Waals surface area contributed by atoms with Crippen LogP contribution in [0.3, 0.4) is 0 Å². The number of halogens is 3. The van der Waals surface area contributed by atoms with E-state index in [2.05, 4.69) is 5.10 Å². The van der Waals surface area contributed by atoms with Crippen LogP contribution in [0.4, 0.5) is 5.82 Å². The summed E-state index contributed by atoms with van der Waals surface area (Å²) in [6.45, 7) is 0. The molecule has 3 nitrogen and oxygen atoms in total. The van der Waals surface area contributed by atoms with Crippen molar-refractivity contribution in [3.8, 4) is 5.69 Å². The van der Waals surface area contributed by atoms with Crippen LogP contribution >= 0.6 is 34.8 Å². The van der Waals surface area contributed by atoms with Crippen LogP contribution in [0.25, 0.3) is 5.69 Å². The zero-order chi connectivity index (χ0) is 12.9. The van der Waals surface area contributed by atoms with Gasteiger partial charge in [0.05, 0.1) is 10.0 Å². The zero-order valence-electron chi connectivity index (χ0n) is 9.38. The largest absolute Gasteiger partial charge is 0.382 e. The van der Waals surface area contributed by atoms with Gasteiger partial charge in [0.25, 0.3) is 0 Å². The molecular formula is C12H10Cl3N3. The van der Waals surface area contributed by atoms with E-state index in [9.17, 15) is 0 Å². The minimum atomic E-state index is 0.477. The summed E-state index contributed by atoms with van der Waals surface area (Å²) in [6, 6.07) is 3.31. The number of rotatable bonds is 1. The molecule has 0 atom stereocenters. The molecule has 0 unspecified atom stereocenters. The highest BCUT2D eigenvalue weighted by Gasteiger charge is 2.24. The maximum atomic E-state index is 6.21. The highest BCUT2D eigenvalue weighted by atomic mass is 35.5. The summed E-state index contributed by atoms with van der Waals surface area (Å²) in [4.78, 5) is 0. The summed E-state index contributed by atoms with van der Waals surface area (Å²) in [5.41, 5.74) is 8.77. The number of nitrogens with two attached hydrogens (primary N) is 1. The zero-order valence-corrected chi connectivity index (χ0v) is 11.6. The highest BCUT2D eigenvalue weighted by molar-refractivity contribution is 6.40. The number of hydrogen-bond acceptors (Lipinski definition) is 2. The molecule has 1 aromatic carbocycles. The Bertz CT molecular complexity index is 611. The SMILES string of the molecule is Nc1nn(-c2c(Cl)cc(Cl)cc2Cl)c2c1CCC2. The van der Waals surface area contributed by atoms with Crippen LogP contribution < -0.4 is 5.73 Å². The molecule has 0 saturated carbocycles. The maximum Gasteiger partial charge on any atom is 0.149 e. The van der Waals surface area contributed by atoms with Crippen molar-refractivity contribution >= 4 is 40.6 Å². The standard InChI is InChI=1S/C12H10Cl3N3/c13-6-4-8(14)11(9(15)5-6)18-10-3-1-2-7(10)12(16)17-18/h4-5H,1-3H2,(H2,16,17). The molecule has 0 aliphatic heterocycles. The lowest BCUT2D eigenvalue weighted by molar-refractivity contribution is 0.789. The molecule has 3 rings (SSSR count). The van der Waals surface area contributed by atoms with E-state index in [-0.39, 0.29) is 0 Å². The normalized spacial score (nSPS) is 13.9. The number of nitrogens with zero attached hydrogens (tertiary/aromatic N) is 2. The number of nitrogen functional groups attached to an aromatic ring is 1. The lowest BCUT2D eigenvalue weighted by Crippen LogP contribution is -2.03. The molecule has 0 spiro atoms. The number of fused-ring (bicyclic) bond motifs is 1. The quantitative estimate of drug-likeness (QED) is 0.868. The van der Waals surface area contributed by atoms with Crippen LogP contribution in [-0.2, 0) is 12.8 Å². The van der Waals surface area contributed by atoms with E-state index in [0.717, 1.165) is 30.5 Å². The van der Waals surface area contributed by atoms with E-state index < -0.39 is 0 Å². The van der Waals surface area contributed by atoms with Crippen molar-refractivity contribution in [3.05, 3.63) is 38.5 Å². The van der Waals surface area contributed by atoms with E-state index >= 15 is 0 Å². The van der Waals surface area contributed by atoms with Gasteiger partial charge in [-0.05, 0) is 31.4 Å². The molecule has 94 valence electrons. The van der Waals surface area contributed by atoms with Crippen molar-refractivity contribution in [2.24, 2.45) is 0 Å². The molecule has 1 aliphatic rings. The molecular weight excluding hydrogens is 293 g/mol. The lowest BCUT2D eigenvalue weighted by Gasteiger charge is -2.10. The topological polar surface area (TPSA) is 43.8 Å². The van der Waals surface area contributed by atoms with Crippen molar-refractivity contribution in [2.75, 3.05) is 5.73 Å². The van der Waals surface area contributed by atoms with Gasteiger partial charge in [0.1, 0.15) is 11.5 Å². The Hall–Kier alpha value is -0.900. The van der Waals surface area contributed by atoms with Crippen LogP contribution in [0.1, 0.15) is 17.7 Å². The van der Waals surface area contributed by atoms with Gasteiger partial charge in [-0.3, -0.25) is 0 Å². The van der Waals surface area contributed by atoms with Crippen molar-refractivity contribution in [2.45, 2.75) is 19.3 Å². The minimum Gasteiger partial charge on any atom is -0.382 e. The van der Waals surface area contributed by atoms with Crippen molar-refractivity contribution < 1.29 is 0 Å². The van der Waals surface area contributed by atoms with Gasteiger partial charge in [-0.2, -0.15) is 5.10 Å². The third-order valence-electron chi connectivity index (χ3n) is 3.15. The first-order chi connectivity index (χ1) is 8.58. The lowest BCUT2D eigenvalue weighted by atomic mass is 10.2. The summed E-state index contributed by atoms with van der Waals surface area (Å²) in [5, 5.41) is 5.79. The minimum absolute atomic E-state index is 0.477. The van der Waals surface area contributed by atoms with Gasteiger partial charge in [-0.25, -0.2) is 4.68 Å². The fraction of sp³-hybridized carbons (Fsp3) is 0.250. The predicted octanol–water partition coefficient (Wildman–Crippen LogP) is 3.90. The molecule has 6 heteroatoms. The molecule has 18 heavy (non-hydrogen) atoms. The van der Waals surface area contributed by atoms with Crippen LogP contribution in [-0.4, -0.2) is 9.78 Å². The molecule has 0 saturated heterocycles. The highest BCUT2D eigenvalue weighted by Crippen LogP contribution is 2.36. The predicted molar refractivity (Wildman–Crippen MR) is 75.0 cm³/mol. The fourth-order valence-electron chi connectivity index (χ4n) is 2.39. The van der Waals surface area contributed by atoms with E-state index in [1.165, 1.54) is 0 Å². The molecule has 2 aromatic rings. The van der Waals surface area contributed by atoms with Crippen LogP contribution in [0.15, 0.2) is 12.1 Å². The summed E-state index contributed by atoms with van der Waals surface area (Å²) in [6.07, 6.45) is 2.99. The second-order valence-corrected chi connectivity index (χ2v) is 5.54. The van der Waals surface area contributed by atoms with Gasteiger partial charge in [-0.15, -0.1) is 0 Å². The van der Waals surface area contributed by atoms with E-state index in [1.807, 2.05) is 0 Å². The molecule has 1 aliphatic carbocycles. The smallest absolute Gasteiger partial charge is 0.149 e. The van der Waals surface area contributed by atoms with Gasteiger partial charge in [-0.1, -0.05) is 34.8 Å². The summed E-state index contributed by atoms with van der Waals surface area (Å²) >= 11 is 18.3. The Morgan fingerprint density at radius 1 is 1.11 bits per heavy atom. The van der Waals surface area contributed by atoms with Crippen LogP contribution in [0.5, 0.6) is 0 Å². The number of hydrogen-bond donors (Lipinski definition) is 1. The first-order valence-corrected chi connectivity index (χ1v) is 6.72. The molecule has 0 fully saturated rings. The van der Waals surface area contributed by atoms with E-state index in [0.29, 0.717) is 26.6 Å². The third kappa shape index (κ3) is 1.78. The summed E-state index contributed by atoms with van der Waals surface area (Å²) < 4.78 is 1.75. The third-order valence-corrected chi connectivity index (χ3v) is 3.95. The molecule has 1 heterocycles. The molecule has 0 amide bonds. The number of anilines is 1. The van der Waals surface area contributed by atoms with Gasteiger partial charge in [0.2, 0.25) is 0 Å². The fourth-order valence-corrected chi connectivity index (χ4v) is 3.36. The van der Waals surface area contributed by atoms with Gasteiger partial charge < -0.3 is 5.73 Å². The average molecular weight is 303 g/mol. The Labute approximate surface area is 119 Å². The average Bonchev–Trinajstić information content (AvgIpc) is 2.83. The molecule has 0 radical (unpaired) electrons. The van der Waals surface area contributed by atoms with E-state index in [1.54, 1.807) is 16.8 Å². The Morgan fingerprint density at radius 3 is 2.44 bits per heavy atom. The first-order valence-electron chi connectivity index (χ1n) is 5.59. The molecule has 0 bridgehead atoms. The van der Waals surface area contributed by atoms with Crippen LogP contribution in [0.2, 0.25) is 15.1 Å². The summed E-state index contributed by atoms with van der Waals surface area (Å²) in [5.74, 6) is 0.560. The first kappa shape index (κ1) is 12.2. The van der Waals surface area contributed by atoms with Crippen molar-refractivity contribution in [1.82, 2.24) is 9.78 Å². The monoisotopic (exact) mass is 301 g/mol. The summed E-state index contributed by atoms with van der Waals surface area (Å²) in [7, 11) is 0. The second kappa shape index (κ2) is 4.34. The van der Waals surface area contributed by atoms with E-state index in [4.69, 9.17) is 40.5 Å². The van der Waals surface area contributed by atoms with Crippen LogP contribution in [0, 0.1) is 0 Å². The van der Waals surface area contributed by atoms with Gasteiger partial charge in [0, 0.05) is 16.3 Å². The van der Waals surface area contributed by atoms with Crippen molar-refractivity contribution in [1.29, 1.82) is 0 Å². The Morgan fingerprint density at radius 2 is 1.78 bits per heavy atom. The van der Waals surface area contributed by atoms with Gasteiger partial charge in [0.15, 0.2) is 0 Å². The molecule has 2 N–H and O–H groups in total. The Balaban J connectivity index is 2.25. The Kier molecular flexibility index (Phi) is 2.93. The second-order valence-electron chi connectivity index (χ2n) is 4.29. The maximum absolute atomic E-state index is 6.21. The number of aromatic nitrogens is 2. The number of benzene rings is 1. The van der Waals surface area contributed by atoms with Crippen molar-refractivity contribution in [3.63, 3.8) is 0 Å². The molecule has 1 aromatic heterocycles. The van der Waals surface area contributed by atoms with Gasteiger partial charge >= 0.3 is 0 Å².